The number of likely N-dealkylation sites (N-methyl/N-ethyl adjacent to an activating group) is 1. The zero-order chi connectivity index (χ0) is 36.4. The third kappa shape index (κ3) is 10.7. The number of alkyl halides is 6. The molecule has 0 spiro atoms. The molecule has 0 saturated carbocycles. The van der Waals surface area contributed by atoms with Crippen molar-refractivity contribution < 1.29 is 60.5 Å². The molecule has 0 fully saturated rings. The molecule has 0 bridgehead atoms. The lowest BCUT2D eigenvalue weighted by Gasteiger charge is -2.18. The molecule has 0 aliphatic heterocycles. The van der Waals surface area contributed by atoms with E-state index in [-0.39, 0.29) is 46.3 Å². The molecular weight excluding hydrogens is 658 g/mol. The number of rotatable bonds is 10. The van der Waals surface area contributed by atoms with Gasteiger partial charge in [-0.1, -0.05) is 12.1 Å². The zero-order valence-corrected chi connectivity index (χ0v) is 25.6. The summed E-state index contributed by atoms with van der Waals surface area (Å²) in [5, 5.41) is 27.5. The highest BCUT2D eigenvalue weighted by Crippen LogP contribution is 2.38. The van der Waals surface area contributed by atoms with Crippen molar-refractivity contribution in [2.24, 2.45) is 0 Å². The highest BCUT2D eigenvalue weighted by atomic mass is 19.4. The number of carboxylic acids is 1. The molecule has 0 unspecified atom stereocenters. The van der Waals surface area contributed by atoms with E-state index in [0.29, 0.717) is 6.20 Å². The SMILES string of the molecule is CNC(=O)c1ccccc1Nc1cc(Nc2ccc(C(=O)NC[C@H](O)C(=O)N(C)C)cc2OC)ncc1C(F)(F)F.O=C(O)C(F)(F)F. The Bertz CT molecular complexity index is 1630. The van der Waals surface area contributed by atoms with Crippen LogP contribution in [-0.4, -0.2) is 90.9 Å². The summed E-state index contributed by atoms with van der Waals surface area (Å²) in [7, 11) is 5.69. The number of nitrogens with one attached hydrogen (secondary N) is 4. The molecule has 260 valence electrons. The fourth-order valence-corrected chi connectivity index (χ4v) is 3.67. The largest absolute Gasteiger partial charge is 0.495 e. The van der Waals surface area contributed by atoms with Gasteiger partial charge in [0.1, 0.15) is 17.7 Å². The molecule has 1 atom stereocenters. The minimum atomic E-state index is -5.08. The molecule has 1 aromatic heterocycles. The Morgan fingerprint density at radius 3 is 2.08 bits per heavy atom. The molecular formula is C29H30F6N6O7. The van der Waals surface area contributed by atoms with Gasteiger partial charge in [0.2, 0.25) is 0 Å². The number of benzene rings is 2. The number of nitrogens with zero attached hydrogens (tertiary/aromatic N) is 2. The van der Waals surface area contributed by atoms with Crippen molar-refractivity contribution in [3.05, 3.63) is 71.4 Å². The number of halogens is 6. The predicted octanol–water partition coefficient (Wildman–Crippen LogP) is 3.77. The first-order valence-electron chi connectivity index (χ1n) is 13.4. The van der Waals surface area contributed by atoms with Gasteiger partial charge in [-0.25, -0.2) is 9.78 Å². The van der Waals surface area contributed by atoms with Crippen molar-refractivity contribution in [3.63, 3.8) is 0 Å². The number of pyridine rings is 1. The third-order valence-corrected chi connectivity index (χ3v) is 6.03. The van der Waals surface area contributed by atoms with Crippen molar-refractivity contribution in [1.82, 2.24) is 20.5 Å². The Balaban J connectivity index is 0.00000103. The number of aliphatic hydroxyl groups excluding tert-OH is 1. The van der Waals surface area contributed by atoms with Gasteiger partial charge in [-0.05, 0) is 30.3 Å². The van der Waals surface area contributed by atoms with Crippen LogP contribution in [0.3, 0.4) is 0 Å². The quantitative estimate of drug-likeness (QED) is 0.172. The van der Waals surface area contributed by atoms with Gasteiger partial charge in [-0.15, -0.1) is 0 Å². The first-order chi connectivity index (χ1) is 22.3. The molecule has 0 radical (unpaired) electrons. The normalized spacial score (nSPS) is 11.6. The lowest BCUT2D eigenvalue weighted by atomic mass is 10.1. The van der Waals surface area contributed by atoms with Crippen LogP contribution in [0.1, 0.15) is 26.3 Å². The summed E-state index contributed by atoms with van der Waals surface area (Å²) in [5.74, 6) is -4.22. The Morgan fingerprint density at radius 1 is 0.917 bits per heavy atom. The van der Waals surface area contributed by atoms with Crippen LogP contribution in [0.25, 0.3) is 0 Å². The van der Waals surface area contributed by atoms with Crippen LogP contribution in [0.2, 0.25) is 0 Å². The minimum absolute atomic E-state index is 0.0127. The summed E-state index contributed by atoms with van der Waals surface area (Å²) in [6.07, 6.45) is -10.6. The summed E-state index contributed by atoms with van der Waals surface area (Å²) in [4.78, 5) is 50.5. The molecule has 0 saturated heterocycles. The summed E-state index contributed by atoms with van der Waals surface area (Å²) in [6, 6.07) is 11.5. The van der Waals surface area contributed by atoms with E-state index in [1.165, 1.54) is 63.5 Å². The van der Waals surface area contributed by atoms with Gasteiger partial charge in [0.25, 0.3) is 17.7 Å². The first-order valence-corrected chi connectivity index (χ1v) is 13.4. The maximum absolute atomic E-state index is 13.8. The van der Waals surface area contributed by atoms with Gasteiger partial charge in [0.05, 0.1) is 41.8 Å². The highest BCUT2D eigenvalue weighted by molar-refractivity contribution is 6.00. The number of ether oxygens (including phenoxy) is 1. The minimum Gasteiger partial charge on any atom is -0.495 e. The standard InChI is InChI=1S/C27H29F3N6O5.C2HF3O2/c1-31-25(39)16-7-5-6-8-18(16)34-20-12-23(32-13-17(20)27(28,29)30)35-19-10-9-15(11-22(19)41-4)24(38)33-14-21(37)26(40)36(2)3;3-2(4,5)1(6)7/h5-13,21,37H,14H2,1-4H3,(H,31,39)(H,33,38)(H2,32,34,35);(H,6,7)/t21-;/m0./s1. The second-order valence-electron chi connectivity index (χ2n) is 9.66. The summed E-state index contributed by atoms with van der Waals surface area (Å²) < 4.78 is 78.5. The second kappa shape index (κ2) is 16.3. The predicted molar refractivity (Wildman–Crippen MR) is 159 cm³/mol. The van der Waals surface area contributed by atoms with Gasteiger partial charge in [-0.3, -0.25) is 14.4 Å². The molecule has 48 heavy (non-hydrogen) atoms. The number of carbonyl (C=O) groups is 4. The average molecular weight is 689 g/mol. The number of hydrogen-bond donors (Lipinski definition) is 6. The zero-order valence-electron chi connectivity index (χ0n) is 25.6. The number of aliphatic carboxylic acids is 1. The van der Waals surface area contributed by atoms with Gasteiger partial charge >= 0.3 is 18.3 Å². The number of amides is 3. The summed E-state index contributed by atoms with van der Waals surface area (Å²) in [5.41, 5.74) is -0.680. The average Bonchev–Trinajstić information content (AvgIpc) is 3.02. The van der Waals surface area contributed by atoms with Crippen LogP contribution >= 0.6 is 0 Å². The van der Waals surface area contributed by atoms with Crippen LogP contribution < -0.4 is 26.0 Å². The Morgan fingerprint density at radius 2 is 1.54 bits per heavy atom. The Labute approximate surface area is 268 Å². The molecule has 3 rings (SSSR count). The van der Waals surface area contributed by atoms with Crippen molar-refractivity contribution in [2.45, 2.75) is 18.5 Å². The number of para-hydroxylation sites is 1. The van der Waals surface area contributed by atoms with E-state index in [1.54, 1.807) is 12.1 Å². The monoisotopic (exact) mass is 688 g/mol. The van der Waals surface area contributed by atoms with Gasteiger partial charge in [0, 0.05) is 39.0 Å². The van der Waals surface area contributed by atoms with E-state index in [2.05, 4.69) is 26.3 Å². The van der Waals surface area contributed by atoms with E-state index < -0.39 is 47.7 Å². The Hall–Kier alpha value is -5.59. The van der Waals surface area contributed by atoms with Gasteiger partial charge in [0.15, 0.2) is 0 Å². The number of methoxy groups -OCH3 is 1. The molecule has 3 amide bonds. The number of carbonyl (C=O) groups excluding carboxylic acids is 3. The fourth-order valence-electron chi connectivity index (χ4n) is 3.67. The number of hydrogen-bond acceptors (Lipinski definition) is 9. The topological polar surface area (TPSA) is 182 Å². The lowest BCUT2D eigenvalue weighted by Crippen LogP contribution is -2.42. The third-order valence-electron chi connectivity index (χ3n) is 6.03. The molecule has 1 heterocycles. The molecule has 0 aliphatic rings. The smallest absolute Gasteiger partial charge is 0.490 e. The first kappa shape index (κ1) is 38.6. The van der Waals surface area contributed by atoms with E-state index in [4.69, 9.17) is 14.6 Å². The number of aliphatic hydroxyl groups is 1. The second-order valence-corrected chi connectivity index (χ2v) is 9.66. The maximum Gasteiger partial charge on any atom is 0.490 e. The molecule has 3 aromatic rings. The summed E-state index contributed by atoms with van der Waals surface area (Å²) >= 11 is 0. The summed E-state index contributed by atoms with van der Waals surface area (Å²) in [6.45, 7) is -0.313. The van der Waals surface area contributed by atoms with E-state index in [0.717, 1.165) is 6.07 Å². The maximum atomic E-state index is 13.8. The Kier molecular flexibility index (Phi) is 13.1. The van der Waals surface area contributed by atoms with Crippen LogP contribution in [-0.2, 0) is 15.8 Å². The van der Waals surface area contributed by atoms with Crippen molar-refractivity contribution in [3.8, 4) is 5.75 Å². The molecule has 6 N–H and O–H groups in total. The van der Waals surface area contributed by atoms with Crippen LogP contribution in [0.4, 0.5) is 49.2 Å². The van der Waals surface area contributed by atoms with E-state index in [9.17, 15) is 45.8 Å². The molecule has 19 heteroatoms. The number of aromatic nitrogens is 1. The van der Waals surface area contributed by atoms with Crippen molar-refractivity contribution >= 4 is 46.6 Å². The number of carboxylic acid groups (broad SMARTS) is 1. The van der Waals surface area contributed by atoms with Crippen molar-refractivity contribution in [1.29, 1.82) is 0 Å². The molecule has 2 aromatic carbocycles. The van der Waals surface area contributed by atoms with Crippen LogP contribution in [0.5, 0.6) is 5.75 Å². The molecule has 0 aliphatic carbocycles. The van der Waals surface area contributed by atoms with Gasteiger partial charge < -0.3 is 41.1 Å². The van der Waals surface area contributed by atoms with Crippen LogP contribution in [0, 0.1) is 0 Å². The van der Waals surface area contributed by atoms with Gasteiger partial charge in [-0.2, -0.15) is 26.3 Å². The highest BCUT2D eigenvalue weighted by Gasteiger charge is 2.38. The van der Waals surface area contributed by atoms with Crippen LogP contribution in [0.15, 0.2) is 54.7 Å². The van der Waals surface area contributed by atoms with E-state index >= 15 is 0 Å². The lowest BCUT2D eigenvalue weighted by molar-refractivity contribution is -0.192. The van der Waals surface area contributed by atoms with Crippen molar-refractivity contribution in [2.75, 3.05) is 45.4 Å². The van der Waals surface area contributed by atoms with E-state index in [1.807, 2.05) is 0 Å². The number of anilines is 4. The molecule has 13 nitrogen and oxygen atoms in total. The fraction of sp³-hybridized carbons (Fsp3) is 0.276.